The zero-order valence-electron chi connectivity index (χ0n) is 12.9. The normalized spacial score (nSPS) is 10.9. The number of carbonyl (C=O) groups excluding carboxylic acids is 1. The molecule has 0 atom stereocenters. The summed E-state index contributed by atoms with van der Waals surface area (Å²) in [5.74, 6) is -0.878. The van der Waals surface area contributed by atoms with Gasteiger partial charge in [-0.3, -0.25) is 14.5 Å². The second-order valence-corrected chi connectivity index (χ2v) is 5.42. The molecule has 0 fully saturated rings. The van der Waals surface area contributed by atoms with Gasteiger partial charge < -0.3 is 10.4 Å². The van der Waals surface area contributed by atoms with E-state index in [4.69, 9.17) is 5.11 Å². The van der Waals surface area contributed by atoms with E-state index >= 15 is 0 Å². The van der Waals surface area contributed by atoms with E-state index in [0.717, 1.165) is 11.3 Å². The highest BCUT2D eigenvalue weighted by molar-refractivity contribution is 5.92. The minimum atomic E-state index is -0.803. The van der Waals surface area contributed by atoms with Crippen molar-refractivity contribution in [2.24, 2.45) is 0 Å². The molecule has 5 nitrogen and oxygen atoms in total. The van der Waals surface area contributed by atoms with Gasteiger partial charge >= 0.3 is 5.97 Å². The monoisotopic (exact) mass is 292 g/mol. The predicted molar refractivity (Wildman–Crippen MR) is 83.4 cm³/mol. The van der Waals surface area contributed by atoms with Crippen molar-refractivity contribution in [3.8, 4) is 0 Å². The minimum Gasteiger partial charge on any atom is -0.481 e. The van der Waals surface area contributed by atoms with Crippen LogP contribution in [0.5, 0.6) is 0 Å². The van der Waals surface area contributed by atoms with Crippen LogP contribution in [0.3, 0.4) is 0 Å². The maximum atomic E-state index is 12.1. The number of rotatable bonds is 8. The third kappa shape index (κ3) is 6.40. The first-order valence-electron chi connectivity index (χ1n) is 7.21. The molecule has 0 aromatic heterocycles. The van der Waals surface area contributed by atoms with E-state index < -0.39 is 5.97 Å². The number of carboxylic acid groups (broad SMARTS) is 1. The second kappa shape index (κ2) is 8.42. The van der Waals surface area contributed by atoms with Gasteiger partial charge in [-0.05, 0) is 45.4 Å². The Bertz CT molecular complexity index is 486. The molecule has 0 aliphatic rings. The highest BCUT2D eigenvalue weighted by Gasteiger charge is 2.14. The lowest BCUT2D eigenvalue weighted by molar-refractivity contribution is -0.137. The molecule has 1 aromatic carbocycles. The van der Waals surface area contributed by atoms with Crippen LogP contribution < -0.4 is 5.32 Å². The van der Waals surface area contributed by atoms with Gasteiger partial charge in [0, 0.05) is 18.2 Å². The number of hydrogen-bond acceptors (Lipinski definition) is 3. The van der Waals surface area contributed by atoms with Crippen LogP contribution in [0.1, 0.15) is 32.3 Å². The largest absolute Gasteiger partial charge is 0.481 e. The highest BCUT2D eigenvalue weighted by atomic mass is 16.4. The van der Waals surface area contributed by atoms with Crippen molar-refractivity contribution in [2.45, 2.75) is 39.7 Å². The third-order valence-electron chi connectivity index (χ3n) is 3.33. The molecule has 1 amide bonds. The first-order valence-corrected chi connectivity index (χ1v) is 7.21. The number of anilines is 1. The van der Waals surface area contributed by atoms with Crippen molar-refractivity contribution >= 4 is 17.6 Å². The average Bonchev–Trinajstić information content (AvgIpc) is 2.39. The first kappa shape index (κ1) is 17.2. The Labute approximate surface area is 126 Å². The molecule has 0 spiro atoms. The highest BCUT2D eigenvalue weighted by Crippen LogP contribution is 2.13. The van der Waals surface area contributed by atoms with Gasteiger partial charge in [-0.15, -0.1) is 0 Å². The molecule has 0 bridgehead atoms. The Kier molecular flexibility index (Phi) is 6.88. The third-order valence-corrected chi connectivity index (χ3v) is 3.33. The van der Waals surface area contributed by atoms with Crippen molar-refractivity contribution < 1.29 is 14.7 Å². The zero-order chi connectivity index (χ0) is 15.8. The number of nitrogens with zero attached hydrogens (tertiary/aromatic N) is 1. The number of aryl methyl sites for hydroxylation is 1. The number of nitrogens with one attached hydrogen (secondary N) is 1. The smallest absolute Gasteiger partial charge is 0.303 e. The van der Waals surface area contributed by atoms with Gasteiger partial charge in [-0.25, -0.2) is 0 Å². The van der Waals surface area contributed by atoms with Gasteiger partial charge in [0.2, 0.25) is 5.91 Å². The first-order chi connectivity index (χ1) is 9.90. The van der Waals surface area contributed by atoms with Crippen LogP contribution in [0, 0.1) is 6.92 Å². The topological polar surface area (TPSA) is 69.6 Å². The Morgan fingerprint density at radius 2 is 1.95 bits per heavy atom. The molecule has 0 unspecified atom stereocenters. The number of amides is 1. The van der Waals surface area contributed by atoms with E-state index in [1.165, 1.54) is 0 Å². The van der Waals surface area contributed by atoms with E-state index in [0.29, 0.717) is 13.0 Å². The van der Waals surface area contributed by atoms with Crippen LogP contribution in [-0.4, -0.2) is 41.0 Å². The molecule has 0 radical (unpaired) electrons. The average molecular weight is 292 g/mol. The molecule has 116 valence electrons. The molecule has 0 heterocycles. The maximum absolute atomic E-state index is 12.1. The van der Waals surface area contributed by atoms with Gasteiger partial charge in [-0.2, -0.15) is 0 Å². The van der Waals surface area contributed by atoms with Crippen molar-refractivity contribution in [3.63, 3.8) is 0 Å². The molecule has 1 rings (SSSR count). The maximum Gasteiger partial charge on any atom is 0.303 e. The van der Waals surface area contributed by atoms with Gasteiger partial charge in [-0.1, -0.05) is 18.2 Å². The lowest BCUT2D eigenvalue weighted by Crippen LogP contribution is -2.38. The van der Waals surface area contributed by atoms with Crippen LogP contribution in [0.25, 0.3) is 0 Å². The Hall–Kier alpha value is -1.88. The number of benzene rings is 1. The van der Waals surface area contributed by atoms with Crippen LogP contribution in [0.4, 0.5) is 5.69 Å². The summed E-state index contributed by atoms with van der Waals surface area (Å²) in [6, 6.07) is 7.83. The molecule has 2 N–H and O–H groups in total. The molecule has 0 saturated heterocycles. The summed E-state index contributed by atoms with van der Waals surface area (Å²) in [5.41, 5.74) is 1.84. The lowest BCUT2D eigenvalue weighted by atomic mass is 10.2. The molecular formula is C16H24N2O3. The van der Waals surface area contributed by atoms with Crippen molar-refractivity contribution in [2.75, 3.05) is 18.4 Å². The van der Waals surface area contributed by atoms with Crippen LogP contribution >= 0.6 is 0 Å². The fraction of sp³-hybridized carbons (Fsp3) is 0.500. The Morgan fingerprint density at radius 1 is 1.29 bits per heavy atom. The summed E-state index contributed by atoms with van der Waals surface area (Å²) < 4.78 is 0. The molecule has 0 aliphatic carbocycles. The summed E-state index contributed by atoms with van der Waals surface area (Å²) in [6.45, 7) is 6.82. The Morgan fingerprint density at radius 3 is 2.52 bits per heavy atom. The number of aliphatic carboxylic acids is 1. The number of para-hydroxylation sites is 1. The summed E-state index contributed by atoms with van der Waals surface area (Å²) >= 11 is 0. The number of hydrogen-bond donors (Lipinski definition) is 2. The predicted octanol–water partition coefficient (Wildman–Crippen LogP) is 2.51. The molecule has 0 aliphatic heterocycles. The molecule has 21 heavy (non-hydrogen) atoms. The molecular weight excluding hydrogens is 268 g/mol. The SMILES string of the molecule is Cc1ccccc1NC(=O)CN(CCCC(=O)O)C(C)C. The Balaban J connectivity index is 2.52. The number of carboxylic acids is 1. The summed E-state index contributed by atoms with van der Waals surface area (Å²) in [4.78, 5) is 24.6. The van der Waals surface area contributed by atoms with E-state index in [1.807, 2.05) is 49.9 Å². The van der Waals surface area contributed by atoms with Crippen LogP contribution in [-0.2, 0) is 9.59 Å². The minimum absolute atomic E-state index is 0.0756. The van der Waals surface area contributed by atoms with Gasteiger partial charge in [0.15, 0.2) is 0 Å². The summed E-state index contributed by atoms with van der Waals surface area (Å²) in [6.07, 6.45) is 0.674. The van der Waals surface area contributed by atoms with Crippen molar-refractivity contribution in [1.82, 2.24) is 4.90 Å². The van der Waals surface area contributed by atoms with Gasteiger partial charge in [0.25, 0.3) is 0 Å². The molecule has 1 aromatic rings. The number of carbonyl (C=O) groups is 2. The van der Waals surface area contributed by atoms with E-state index in [-0.39, 0.29) is 24.9 Å². The fourth-order valence-electron chi connectivity index (χ4n) is 2.04. The van der Waals surface area contributed by atoms with E-state index in [2.05, 4.69) is 5.32 Å². The summed E-state index contributed by atoms with van der Waals surface area (Å²) in [7, 11) is 0. The van der Waals surface area contributed by atoms with E-state index in [1.54, 1.807) is 0 Å². The van der Waals surface area contributed by atoms with E-state index in [9.17, 15) is 9.59 Å². The molecule has 0 saturated carbocycles. The van der Waals surface area contributed by atoms with Gasteiger partial charge in [0.05, 0.1) is 6.54 Å². The fourth-order valence-corrected chi connectivity index (χ4v) is 2.04. The van der Waals surface area contributed by atoms with Crippen molar-refractivity contribution in [1.29, 1.82) is 0 Å². The summed E-state index contributed by atoms with van der Waals surface area (Å²) in [5, 5.41) is 11.6. The van der Waals surface area contributed by atoms with Crippen LogP contribution in [0.2, 0.25) is 0 Å². The standard InChI is InChI=1S/C16H24N2O3/c1-12(2)18(10-6-9-16(20)21)11-15(19)17-14-8-5-4-7-13(14)3/h4-5,7-8,12H,6,9-11H2,1-3H3,(H,17,19)(H,20,21). The molecule has 5 heteroatoms. The quantitative estimate of drug-likeness (QED) is 0.772. The van der Waals surface area contributed by atoms with Gasteiger partial charge in [0.1, 0.15) is 0 Å². The van der Waals surface area contributed by atoms with Crippen LogP contribution in [0.15, 0.2) is 24.3 Å². The lowest BCUT2D eigenvalue weighted by Gasteiger charge is -2.25. The zero-order valence-corrected chi connectivity index (χ0v) is 12.9. The second-order valence-electron chi connectivity index (χ2n) is 5.42. The van der Waals surface area contributed by atoms with Crippen molar-refractivity contribution in [3.05, 3.63) is 29.8 Å².